The lowest BCUT2D eigenvalue weighted by molar-refractivity contribution is 0.0126. The number of aliphatic hydroxyl groups excluding tert-OH is 1. The third kappa shape index (κ3) is 2.88. The second kappa shape index (κ2) is 6.20. The first-order valence-corrected chi connectivity index (χ1v) is 9.73. The van der Waals surface area contributed by atoms with E-state index in [-0.39, 0.29) is 11.7 Å². The maximum absolute atomic E-state index is 12.9. The number of sulfone groups is 1. The molecule has 2 rings (SSSR count). The Morgan fingerprint density at radius 1 is 1.36 bits per heavy atom. The van der Waals surface area contributed by atoms with E-state index in [1.54, 1.807) is 18.2 Å². The van der Waals surface area contributed by atoms with Gasteiger partial charge in [-0.1, -0.05) is 33.6 Å². The van der Waals surface area contributed by atoms with Crippen molar-refractivity contribution in [2.45, 2.75) is 63.4 Å². The minimum Gasteiger partial charge on any atom is -0.399 e. The number of benzene rings is 1. The molecule has 0 bridgehead atoms. The van der Waals surface area contributed by atoms with E-state index in [4.69, 9.17) is 5.73 Å². The van der Waals surface area contributed by atoms with E-state index in [1.807, 2.05) is 13.8 Å². The zero-order valence-electron chi connectivity index (χ0n) is 13.7. The fourth-order valence-electron chi connectivity index (χ4n) is 3.68. The van der Waals surface area contributed by atoms with E-state index < -0.39 is 21.4 Å². The number of anilines is 1. The van der Waals surface area contributed by atoms with E-state index in [0.717, 1.165) is 19.3 Å². The van der Waals surface area contributed by atoms with E-state index in [9.17, 15) is 13.5 Å². The average molecular weight is 325 g/mol. The highest BCUT2D eigenvalue weighted by Crippen LogP contribution is 2.46. The zero-order chi connectivity index (χ0) is 16.5. The molecular weight excluding hydrogens is 298 g/mol. The molecule has 22 heavy (non-hydrogen) atoms. The van der Waals surface area contributed by atoms with E-state index in [2.05, 4.69) is 6.92 Å². The zero-order valence-corrected chi connectivity index (χ0v) is 14.5. The van der Waals surface area contributed by atoms with Crippen molar-refractivity contribution in [3.63, 3.8) is 0 Å². The van der Waals surface area contributed by atoms with Crippen molar-refractivity contribution in [2.24, 2.45) is 5.41 Å². The van der Waals surface area contributed by atoms with Crippen LogP contribution < -0.4 is 5.73 Å². The summed E-state index contributed by atoms with van der Waals surface area (Å²) in [6.07, 6.45) is 2.62. The molecule has 3 atom stereocenters. The van der Waals surface area contributed by atoms with Gasteiger partial charge in [0.05, 0.1) is 16.8 Å². The SMILES string of the molecule is CCCC[C@@]1(CC)CS(=O)(=O)c2ccc(N)cc2[C@H](C)[C@@H]1O. The largest absolute Gasteiger partial charge is 0.399 e. The van der Waals surface area contributed by atoms with Crippen LogP contribution in [0.1, 0.15) is 57.9 Å². The predicted octanol–water partition coefficient (Wildman–Crippen LogP) is 3.11. The summed E-state index contributed by atoms with van der Waals surface area (Å²) < 4.78 is 25.8. The lowest BCUT2D eigenvalue weighted by atomic mass is 9.71. The smallest absolute Gasteiger partial charge is 0.179 e. The molecule has 1 aromatic rings. The summed E-state index contributed by atoms with van der Waals surface area (Å²) in [7, 11) is -3.43. The normalized spacial score (nSPS) is 30.5. The van der Waals surface area contributed by atoms with E-state index >= 15 is 0 Å². The van der Waals surface area contributed by atoms with Gasteiger partial charge in [-0.2, -0.15) is 0 Å². The number of nitrogens with two attached hydrogens (primary N) is 1. The molecule has 1 aliphatic heterocycles. The maximum Gasteiger partial charge on any atom is 0.179 e. The number of fused-ring (bicyclic) bond motifs is 1. The molecular formula is C17H27NO3S. The Morgan fingerprint density at radius 2 is 2.05 bits per heavy atom. The third-order valence-electron chi connectivity index (χ3n) is 5.17. The first-order chi connectivity index (χ1) is 10.3. The molecule has 0 unspecified atom stereocenters. The standard InChI is InChI=1S/C17H27NO3S/c1-4-6-9-17(5-2)11-22(20,21)15-8-7-13(18)10-14(15)12(3)16(17)19/h7-8,10,12,16,19H,4-6,9,11,18H2,1-3H3/t12-,16-,17-/m0/s1. The van der Waals surface area contributed by atoms with E-state index in [0.29, 0.717) is 22.6 Å². The molecule has 0 aromatic heterocycles. The molecule has 0 aliphatic carbocycles. The predicted molar refractivity (Wildman–Crippen MR) is 89.6 cm³/mol. The van der Waals surface area contributed by atoms with Crippen molar-refractivity contribution in [3.05, 3.63) is 23.8 Å². The molecule has 0 fully saturated rings. The fraction of sp³-hybridized carbons (Fsp3) is 0.647. The van der Waals surface area contributed by atoms with Gasteiger partial charge < -0.3 is 10.8 Å². The Morgan fingerprint density at radius 3 is 2.64 bits per heavy atom. The van der Waals surface area contributed by atoms with Gasteiger partial charge in [0.15, 0.2) is 9.84 Å². The van der Waals surface area contributed by atoms with Crippen molar-refractivity contribution in [2.75, 3.05) is 11.5 Å². The molecule has 1 aromatic carbocycles. The summed E-state index contributed by atoms with van der Waals surface area (Å²) in [5.41, 5.74) is 6.44. The summed E-state index contributed by atoms with van der Waals surface area (Å²) in [5.74, 6) is -0.230. The van der Waals surface area contributed by atoms with Crippen LogP contribution in [0.25, 0.3) is 0 Å². The Balaban J connectivity index is 2.60. The molecule has 1 heterocycles. The van der Waals surface area contributed by atoms with Gasteiger partial charge in [-0.25, -0.2) is 8.42 Å². The molecule has 0 saturated carbocycles. The van der Waals surface area contributed by atoms with E-state index in [1.165, 1.54) is 0 Å². The van der Waals surface area contributed by atoms with Crippen molar-refractivity contribution < 1.29 is 13.5 Å². The first-order valence-electron chi connectivity index (χ1n) is 8.07. The number of aliphatic hydroxyl groups is 1. The quantitative estimate of drug-likeness (QED) is 0.834. The van der Waals surface area contributed by atoms with Crippen molar-refractivity contribution >= 4 is 15.5 Å². The highest BCUT2D eigenvalue weighted by Gasteiger charge is 2.46. The number of rotatable bonds is 4. The number of unbranched alkanes of at least 4 members (excludes halogenated alkanes) is 1. The van der Waals surface area contributed by atoms with Crippen molar-refractivity contribution in [3.8, 4) is 0 Å². The second-order valence-corrected chi connectivity index (χ2v) is 8.57. The Bertz CT molecular complexity index is 641. The van der Waals surface area contributed by atoms with Crippen LogP contribution in [0.3, 0.4) is 0 Å². The highest BCUT2D eigenvalue weighted by molar-refractivity contribution is 7.91. The van der Waals surface area contributed by atoms with Crippen LogP contribution >= 0.6 is 0 Å². The molecule has 0 spiro atoms. The molecule has 3 N–H and O–H groups in total. The average Bonchev–Trinajstić information content (AvgIpc) is 2.54. The molecule has 0 saturated heterocycles. The molecule has 124 valence electrons. The Labute approximate surface area is 133 Å². The van der Waals surface area contributed by atoms with Gasteiger partial charge >= 0.3 is 0 Å². The van der Waals surface area contributed by atoms with Crippen molar-refractivity contribution in [1.82, 2.24) is 0 Å². The van der Waals surface area contributed by atoms with Gasteiger partial charge in [-0.15, -0.1) is 0 Å². The second-order valence-electron chi connectivity index (χ2n) is 6.61. The Kier molecular flexibility index (Phi) is 4.87. The molecule has 0 amide bonds. The van der Waals surface area contributed by atoms with Crippen LogP contribution in [-0.4, -0.2) is 25.4 Å². The van der Waals surface area contributed by atoms with Gasteiger partial charge in [-0.05, 0) is 36.6 Å². The van der Waals surface area contributed by atoms with Gasteiger partial charge in [0.2, 0.25) is 0 Å². The number of hydrogen-bond donors (Lipinski definition) is 2. The van der Waals surface area contributed by atoms with Crippen LogP contribution in [0, 0.1) is 5.41 Å². The lowest BCUT2D eigenvalue weighted by Crippen LogP contribution is -2.41. The summed E-state index contributed by atoms with van der Waals surface area (Å²) in [4.78, 5) is 0.333. The van der Waals surface area contributed by atoms with Crippen LogP contribution in [0.2, 0.25) is 0 Å². The summed E-state index contributed by atoms with van der Waals surface area (Å²) in [6.45, 7) is 5.96. The van der Waals surface area contributed by atoms with Crippen LogP contribution in [0.4, 0.5) is 5.69 Å². The topological polar surface area (TPSA) is 80.4 Å². The van der Waals surface area contributed by atoms with Gasteiger partial charge in [0, 0.05) is 17.0 Å². The van der Waals surface area contributed by atoms with Gasteiger partial charge in [-0.3, -0.25) is 0 Å². The highest BCUT2D eigenvalue weighted by atomic mass is 32.2. The molecule has 0 radical (unpaired) electrons. The number of nitrogen functional groups attached to an aromatic ring is 1. The summed E-state index contributed by atoms with van der Waals surface area (Å²) in [5, 5.41) is 11.0. The minimum atomic E-state index is -3.43. The van der Waals surface area contributed by atoms with Crippen LogP contribution in [0.15, 0.2) is 23.1 Å². The fourth-order valence-corrected chi connectivity index (χ4v) is 6.00. The van der Waals surface area contributed by atoms with Crippen LogP contribution in [0.5, 0.6) is 0 Å². The van der Waals surface area contributed by atoms with Crippen molar-refractivity contribution in [1.29, 1.82) is 0 Å². The third-order valence-corrected chi connectivity index (χ3v) is 7.17. The first kappa shape index (κ1) is 17.3. The van der Waals surface area contributed by atoms with Gasteiger partial charge in [0.25, 0.3) is 0 Å². The summed E-state index contributed by atoms with van der Waals surface area (Å²) >= 11 is 0. The number of hydrogen-bond acceptors (Lipinski definition) is 4. The summed E-state index contributed by atoms with van der Waals surface area (Å²) in [6, 6.07) is 4.92. The molecule has 4 nitrogen and oxygen atoms in total. The van der Waals surface area contributed by atoms with Crippen LogP contribution in [-0.2, 0) is 9.84 Å². The maximum atomic E-state index is 12.9. The van der Waals surface area contributed by atoms with Gasteiger partial charge in [0.1, 0.15) is 0 Å². The Hall–Kier alpha value is -1.07. The molecule has 5 heteroatoms. The lowest BCUT2D eigenvalue weighted by Gasteiger charge is -2.38. The minimum absolute atomic E-state index is 0.0128. The monoisotopic (exact) mass is 325 g/mol. The molecule has 1 aliphatic rings.